The van der Waals surface area contributed by atoms with Crippen LogP contribution in [-0.2, 0) is 0 Å². The average Bonchev–Trinajstić information content (AvgIpc) is 2.18. The summed E-state index contributed by atoms with van der Waals surface area (Å²) in [6.45, 7) is 6.14. The quantitative estimate of drug-likeness (QED) is 0.449. The molecule has 1 nitrogen and oxygen atoms in total. The van der Waals surface area contributed by atoms with Crippen LogP contribution in [0.25, 0.3) is 0 Å². The first kappa shape index (κ1) is 16.9. The molecular weight excluding hydrogens is 187 g/mol. The molecule has 2 heteroatoms. The number of rotatable bonds is 8. The summed E-state index contributed by atoms with van der Waals surface area (Å²) in [7, 11) is 0. The maximum atomic E-state index is 8.93. The van der Waals surface area contributed by atoms with Crippen molar-refractivity contribution in [2.24, 2.45) is 0 Å². The van der Waals surface area contributed by atoms with E-state index in [0.29, 0.717) is 0 Å². The van der Waals surface area contributed by atoms with Gasteiger partial charge in [-0.3, -0.25) is 0 Å². The predicted molar refractivity (Wildman–Crippen MR) is 65.0 cm³/mol. The first-order chi connectivity index (χ1) is 6.83. The van der Waals surface area contributed by atoms with Gasteiger partial charge in [0.05, 0.1) is 0 Å². The van der Waals surface area contributed by atoms with Crippen molar-refractivity contribution in [3.05, 3.63) is 0 Å². The SMILES string of the molecule is CCCC[CH2][Al+][CH2]CCCC.CC[O-]. The molecule has 0 fully saturated rings. The van der Waals surface area contributed by atoms with Gasteiger partial charge in [0.15, 0.2) is 0 Å². The summed E-state index contributed by atoms with van der Waals surface area (Å²) in [5.41, 5.74) is 0. The van der Waals surface area contributed by atoms with Crippen LogP contribution in [0.2, 0.25) is 10.6 Å². The Morgan fingerprint density at radius 3 is 1.43 bits per heavy atom. The molecule has 84 valence electrons. The van der Waals surface area contributed by atoms with Crippen LogP contribution in [-0.4, -0.2) is 21.8 Å². The zero-order valence-electron chi connectivity index (χ0n) is 10.3. The van der Waals surface area contributed by atoms with Crippen LogP contribution in [0.5, 0.6) is 0 Å². The van der Waals surface area contributed by atoms with E-state index in [-0.39, 0.29) is 6.61 Å². The minimum absolute atomic E-state index is 0. The Hall–Kier alpha value is 0.492. The molecule has 0 aromatic rings. The van der Waals surface area contributed by atoms with Gasteiger partial charge < -0.3 is 5.11 Å². The minimum atomic E-state index is 0. The molecule has 14 heavy (non-hydrogen) atoms. The monoisotopic (exact) mass is 214 g/mol. The molecule has 0 radical (unpaired) electrons. The summed E-state index contributed by atoms with van der Waals surface area (Å²) in [6.07, 6.45) is 8.68. The third-order valence-corrected chi connectivity index (χ3v) is 3.66. The Balaban J connectivity index is 0. The maximum Gasteiger partial charge on any atom is -0.0809 e. The fraction of sp³-hybridized carbons (Fsp3) is 1.00. The molecule has 0 bridgehead atoms. The van der Waals surface area contributed by atoms with Crippen molar-refractivity contribution in [2.45, 2.75) is 69.9 Å². The van der Waals surface area contributed by atoms with E-state index in [1.165, 1.54) is 38.5 Å². The van der Waals surface area contributed by atoms with Crippen LogP contribution in [0.4, 0.5) is 0 Å². The Kier molecular flexibility index (Phi) is 23.1. The first-order valence-corrected chi connectivity index (χ1v) is 7.86. The molecule has 0 aliphatic heterocycles. The van der Waals surface area contributed by atoms with Crippen molar-refractivity contribution >= 4 is 15.2 Å². The van der Waals surface area contributed by atoms with E-state index in [1.54, 1.807) is 17.5 Å². The van der Waals surface area contributed by atoms with Gasteiger partial charge in [-0.05, 0) is 0 Å². The minimum Gasteiger partial charge on any atom is -0.855 e. The Morgan fingerprint density at radius 1 is 0.786 bits per heavy atom. The molecule has 0 aromatic heterocycles. The molecule has 0 amide bonds. The van der Waals surface area contributed by atoms with Gasteiger partial charge in [0.25, 0.3) is 0 Å². The largest absolute Gasteiger partial charge is 0.855 e. The molecular formula is C12H27AlO. The van der Waals surface area contributed by atoms with Crippen LogP contribution in [0.3, 0.4) is 0 Å². The van der Waals surface area contributed by atoms with E-state index in [0.717, 1.165) is 15.2 Å². The van der Waals surface area contributed by atoms with Gasteiger partial charge in [-0.15, -0.1) is 6.61 Å². The van der Waals surface area contributed by atoms with Gasteiger partial charge in [0.2, 0.25) is 0 Å². The molecule has 0 rings (SSSR count). The summed E-state index contributed by atoms with van der Waals surface area (Å²) in [4.78, 5) is 0. The standard InChI is InChI=1S/2C5H11.C2H5O.Al/c2*1-3-5-4-2;1-2-3;/h2*1,3-5H2,2H3;2H2,1H3;/q;;-1;+1. The first-order valence-electron chi connectivity index (χ1n) is 6.23. The van der Waals surface area contributed by atoms with Gasteiger partial charge in [-0.2, -0.15) is 0 Å². The molecule has 0 atom stereocenters. The second kappa shape index (κ2) is 19.1. The van der Waals surface area contributed by atoms with Crippen molar-refractivity contribution in [3.8, 4) is 0 Å². The van der Waals surface area contributed by atoms with Crippen LogP contribution in [0, 0.1) is 0 Å². The summed E-state index contributed by atoms with van der Waals surface area (Å²) in [5.74, 6) is 0. The molecule has 0 heterocycles. The Labute approximate surface area is 97.0 Å². The van der Waals surface area contributed by atoms with Crippen molar-refractivity contribution in [3.63, 3.8) is 0 Å². The van der Waals surface area contributed by atoms with Gasteiger partial charge in [-0.25, -0.2) is 0 Å². The zero-order chi connectivity index (χ0) is 11.1. The van der Waals surface area contributed by atoms with E-state index in [9.17, 15) is 0 Å². The van der Waals surface area contributed by atoms with E-state index in [1.807, 2.05) is 0 Å². The van der Waals surface area contributed by atoms with Gasteiger partial charge in [0.1, 0.15) is 0 Å². The Bertz CT molecular complexity index is 68.7. The van der Waals surface area contributed by atoms with Crippen LogP contribution >= 0.6 is 0 Å². The van der Waals surface area contributed by atoms with E-state index in [4.69, 9.17) is 5.11 Å². The average molecular weight is 214 g/mol. The van der Waals surface area contributed by atoms with E-state index in [2.05, 4.69) is 13.8 Å². The van der Waals surface area contributed by atoms with Gasteiger partial charge >= 0.3 is 78.2 Å². The molecule has 0 aliphatic rings. The van der Waals surface area contributed by atoms with E-state index < -0.39 is 0 Å². The number of hydrogen-bond donors (Lipinski definition) is 0. The van der Waals surface area contributed by atoms with Crippen LogP contribution < -0.4 is 5.11 Å². The molecule has 0 aromatic carbocycles. The second-order valence-electron chi connectivity index (χ2n) is 3.57. The van der Waals surface area contributed by atoms with Crippen molar-refractivity contribution in [2.75, 3.05) is 6.61 Å². The summed E-state index contributed by atoms with van der Waals surface area (Å²) in [5, 5.41) is 12.0. The predicted octanol–water partition coefficient (Wildman–Crippen LogP) is 3.27. The van der Waals surface area contributed by atoms with Gasteiger partial charge in [0, 0.05) is 0 Å². The number of unbranched alkanes of at least 4 members (excludes halogenated alkanes) is 4. The summed E-state index contributed by atoms with van der Waals surface area (Å²) >= 11 is 0.811. The molecule has 0 spiro atoms. The smallest absolute Gasteiger partial charge is 0.0809 e. The fourth-order valence-electron chi connectivity index (χ4n) is 1.22. The van der Waals surface area contributed by atoms with Crippen LogP contribution in [0.1, 0.15) is 59.3 Å². The van der Waals surface area contributed by atoms with Crippen molar-refractivity contribution in [1.29, 1.82) is 0 Å². The topological polar surface area (TPSA) is 23.1 Å². The summed E-state index contributed by atoms with van der Waals surface area (Å²) in [6, 6.07) is 0. The van der Waals surface area contributed by atoms with Gasteiger partial charge in [-0.1, -0.05) is 6.92 Å². The second-order valence-corrected chi connectivity index (χ2v) is 5.30. The molecule has 0 aliphatic carbocycles. The zero-order valence-corrected chi connectivity index (χ0v) is 11.5. The third-order valence-electron chi connectivity index (χ3n) is 2.02. The van der Waals surface area contributed by atoms with Crippen molar-refractivity contribution < 1.29 is 5.11 Å². The van der Waals surface area contributed by atoms with E-state index >= 15 is 0 Å². The van der Waals surface area contributed by atoms with Crippen LogP contribution in [0.15, 0.2) is 0 Å². The number of hydrogen-bond acceptors (Lipinski definition) is 1. The molecule has 0 saturated carbocycles. The third kappa shape index (κ3) is 22.9. The molecule has 0 N–H and O–H groups in total. The normalized spacial score (nSPS) is 8.86. The summed E-state index contributed by atoms with van der Waals surface area (Å²) < 4.78 is 0. The molecule has 0 unspecified atom stereocenters. The van der Waals surface area contributed by atoms with Crippen molar-refractivity contribution in [1.82, 2.24) is 0 Å². The molecule has 0 saturated heterocycles. The maximum absolute atomic E-state index is 8.93. The Morgan fingerprint density at radius 2 is 1.14 bits per heavy atom. The fourth-order valence-corrected chi connectivity index (χ4v) is 2.67.